The summed E-state index contributed by atoms with van der Waals surface area (Å²) in [6.07, 6.45) is 0. The van der Waals surface area contributed by atoms with Crippen molar-refractivity contribution in [3.05, 3.63) is 23.2 Å². The fourth-order valence-electron chi connectivity index (χ4n) is 1.42. The average molecular weight is 192 g/mol. The molecule has 0 aliphatic heterocycles. The maximum absolute atomic E-state index is 4.35. The van der Waals surface area contributed by atoms with Crippen LogP contribution in [0.1, 0.15) is 5.56 Å². The van der Waals surface area contributed by atoms with Gasteiger partial charge in [-0.05, 0) is 18.6 Å². The Morgan fingerprint density at radius 2 is 2.08 bits per heavy atom. The van der Waals surface area contributed by atoms with Crippen molar-refractivity contribution in [1.82, 2.24) is 4.98 Å². The molecule has 13 heavy (non-hydrogen) atoms. The number of rotatable bonds is 1. The molecule has 1 aromatic carbocycles. The second kappa shape index (κ2) is 3.00. The van der Waals surface area contributed by atoms with Gasteiger partial charge in [-0.1, -0.05) is 6.07 Å². The van der Waals surface area contributed by atoms with Crippen LogP contribution in [0.25, 0.3) is 10.2 Å². The van der Waals surface area contributed by atoms with E-state index in [1.54, 1.807) is 11.3 Å². The van der Waals surface area contributed by atoms with Gasteiger partial charge in [0, 0.05) is 14.1 Å². The molecule has 1 aromatic heterocycles. The minimum absolute atomic E-state index is 1.14. The Morgan fingerprint density at radius 1 is 1.31 bits per heavy atom. The average Bonchev–Trinajstić information content (AvgIpc) is 2.53. The smallest absolute Gasteiger partial charge is 0.0862 e. The van der Waals surface area contributed by atoms with E-state index < -0.39 is 0 Å². The summed E-state index contributed by atoms with van der Waals surface area (Å²) >= 11 is 1.70. The highest BCUT2D eigenvalue weighted by molar-refractivity contribution is 7.17. The van der Waals surface area contributed by atoms with Gasteiger partial charge in [0.05, 0.1) is 21.4 Å². The number of hydrogen-bond acceptors (Lipinski definition) is 3. The number of benzene rings is 1. The maximum atomic E-state index is 4.35. The zero-order valence-corrected chi connectivity index (χ0v) is 8.85. The van der Waals surface area contributed by atoms with E-state index >= 15 is 0 Å². The molecule has 0 aliphatic carbocycles. The molecule has 2 aromatic rings. The summed E-state index contributed by atoms with van der Waals surface area (Å²) in [5, 5.41) is 0. The number of nitrogens with zero attached hydrogens (tertiary/aromatic N) is 2. The Bertz CT molecular complexity index is 431. The van der Waals surface area contributed by atoms with Crippen molar-refractivity contribution in [2.75, 3.05) is 19.0 Å². The third kappa shape index (κ3) is 1.29. The van der Waals surface area contributed by atoms with E-state index in [0.29, 0.717) is 0 Å². The molecule has 0 aliphatic rings. The molecule has 0 unspecified atom stereocenters. The van der Waals surface area contributed by atoms with Gasteiger partial charge >= 0.3 is 0 Å². The quantitative estimate of drug-likeness (QED) is 0.690. The number of hydrogen-bond donors (Lipinski definition) is 0. The molecule has 2 rings (SSSR count). The second-order valence-electron chi connectivity index (χ2n) is 3.33. The topological polar surface area (TPSA) is 16.1 Å². The number of thiazole rings is 1. The standard InChI is InChI=1S/C10H12N2S/c1-7-4-5-8(12(2)3)10-9(7)11-6-13-10/h4-6H,1-3H3. The minimum Gasteiger partial charge on any atom is -0.376 e. The van der Waals surface area contributed by atoms with Crippen LogP contribution in [0.3, 0.4) is 0 Å². The fraction of sp³-hybridized carbons (Fsp3) is 0.300. The van der Waals surface area contributed by atoms with Gasteiger partial charge in [0.2, 0.25) is 0 Å². The van der Waals surface area contributed by atoms with Gasteiger partial charge < -0.3 is 4.90 Å². The number of anilines is 1. The Labute approximate surface area is 81.8 Å². The largest absolute Gasteiger partial charge is 0.376 e. The fourth-order valence-corrected chi connectivity index (χ4v) is 2.38. The molecule has 0 radical (unpaired) electrons. The number of fused-ring (bicyclic) bond motifs is 1. The van der Waals surface area contributed by atoms with Gasteiger partial charge in [0.1, 0.15) is 0 Å². The molecule has 0 N–H and O–H groups in total. The lowest BCUT2D eigenvalue weighted by molar-refractivity contribution is 1.14. The molecule has 2 nitrogen and oxygen atoms in total. The van der Waals surface area contributed by atoms with E-state index in [1.807, 2.05) is 5.51 Å². The Hall–Kier alpha value is -1.09. The van der Waals surface area contributed by atoms with Crippen LogP contribution in [0, 0.1) is 6.92 Å². The summed E-state index contributed by atoms with van der Waals surface area (Å²) in [4.78, 5) is 6.48. The first-order chi connectivity index (χ1) is 6.20. The molecule has 68 valence electrons. The SMILES string of the molecule is Cc1ccc(N(C)C)c2scnc12. The minimum atomic E-state index is 1.14. The Kier molecular flexibility index (Phi) is 1.96. The summed E-state index contributed by atoms with van der Waals surface area (Å²) in [6.45, 7) is 2.10. The van der Waals surface area contributed by atoms with Crippen molar-refractivity contribution in [3.63, 3.8) is 0 Å². The van der Waals surface area contributed by atoms with Crippen molar-refractivity contribution >= 4 is 27.2 Å². The molecule has 1 heterocycles. The lowest BCUT2D eigenvalue weighted by Crippen LogP contribution is -2.08. The van der Waals surface area contributed by atoms with Gasteiger partial charge in [0.15, 0.2) is 0 Å². The number of aryl methyl sites for hydroxylation is 1. The molecule has 3 heteroatoms. The lowest BCUT2D eigenvalue weighted by atomic mass is 10.2. The normalized spacial score (nSPS) is 10.7. The molecular weight excluding hydrogens is 180 g/mol. The van der Waals surface area contributed by atoms with E-state index in [4.69, 9.17) is 0 Å². The summed E-state index contributed by atoms with van der Waals surface area (Å²) in [7, 11) is 4.12. The molecule has 0 spiro atoms. The van der Waals surface area contributed by atoms with E-state index in [-0.39, 0.29) is 0 Å². The number of aromatic nitrogens is 1. The monoisotopic (exact) mass is 192 g/mol. The summed E-state index contributed by atoms with van der Waals surface area (Å²) in [6, 6.07) is 4.27. The zero-order chi connectivity index (χ0) is 9.42. The highest BCUT2D eigenvalue weighted by Crippen LogP contribution is 2.30. The highest BCUT2D eigenvalue weighted by atomic mass is 32.1. The highest BCUT2D eigenvalue weighted by Gasteiger charge is 2.06. The summed E-state index contributed by atoms with van der Waals surface area (Å²) in [5.41, 5.74) is 5.55. The van der Waals surface area contributed by atoms with Crippen molar-refractivity contribution in [2.45, 2.75) is 6.92 Å². The molecule has 0 atom stereocenters. The first-order valence-electron chi connectivity index (χ1n) is 4.20. The van der Waals surface area contributed by atoms with Crippen molar-refractivity contribution < 1.29 is 0 Å². The van der Waals surface area contributed by atoms with Crippen LogP contribution >= 0.6 is 11.3 Å². The van der Waals surface area contributed by atoms with Crippen LogP contribution in [0.4, 0.5) is 5.69 Å². The summed E-state index contributed by atoms with van der Waals surface area (Å²) < 4.78 is 1.28. The predicted molar refractivity (Wildman–Crippen MR) is 58.7 cm³/mol. The first kappa shape index (κ1) is 8.51. The molecule has 0 fully saturated rings. The molecule has 0 bridgehead atoms. The van der Waals surface area contributed by atoms with Crippen molar-refractivity contribution in [2.24, 2.45) is 0 Å². The van der Waals surface area contributed by atoms with E-state index in [1.165, 1.54) is 16.0 Å². The summed E-state index contributed by atoms with van der Waals surface area (Å²) in [5.74, 6) is 0. The van der Waals surface area contributed by atoms with Gasteiger partial charge in [-0.15, -0.1) is 11.3 Å². The predicted octanol–water partition coefficient (Wildman–Crippen LogP) is 2.67. The molecule has 0 saturated carbocycles. The zero-order valence-electron chi connectivity index (χ0n) is 8.03. The van der Waals surface area contributed by atoms with Crippen molar-refractivity contribution in [3.8, 4) is 0 Å². The Balaban J connectivity index is 2.78. The van der Waals surface area contributed by atoms with Gasteiger partial charge in [-0.2, -0.15) is 0 Å². The first-order valence-corrected chi connectivity index (χ1v) is 5.08. The Morgan fingerprint density at radius 3 is 2.77 bits per heavy atom. The van der Waals surface area contributed by atoms with Crippen molar-refractivity contribution in [1.29, 1.82) is 0 Å². The molecule has 0 saturated heterocycles. The van der Waals surface area contributed by atoms with Crippen LogP contribution in [0.2, 0.25) is 0 Å². The molecule has 0 amide bonds. The lowest BCUT2D eigenvalue weighted by Gasteiger charge is -2.13. The maximum Gasteiger partial charge on any atom is 0.0862 e. The van der Waals surface area contributed by atoms with Crippen LogP contribution < -0.4 is 4.90 Å². The molecular formula is C10H12N2S. The van der Waals surface area contributed by atoms with Crippen LogP contribution in [0.5, 0.6) is 0 Å². The van der Waals surface area contributed by atoms with E-state index in [0.717, 1.165) is 5.52 Å². The third-order valence-corrected chi connectivity index (χ3v) is 3.00. The van der Waals surface area contributed by atoms with Gasteiger partial charge in [0.25, 0.3) is 0 Å². The third-order valence-electron chi connectivity index (χ3n) is 2.15. The van der Waals surface area contributed by atoms with E-state index in [9.17, 15) is 0 Å². The van der Waals surface area contributed by atoms with Crippen LogP contribution in [-0.4, -0.2) is 19.1 Å². The van der Waals surface area contributed by atoms with Gasteiger partial charge in [-0.25, -0.2) is 4.98 Å². The van der Waals surface area contributed by atoms with Crippen LogP contribution in [-0.2, 0) is 0 Å². The van der Waals surface area contributed by atoms with E-state index in [2.05, 4.69) is 43.0 Å². The second-order valence-corrected chi connectivity index (χ2v) is 4.18. The van der Waals surface area contributed by atoms with Gasteiger partial charge in [-0.3, -0.25) is 0 Å². The van der Waals surface area contributed by atoms with Crippen LogP contribution in [0.15, 0.2) is 17.6 Å².